The van der Waals surface area contributed by atoms with Crippen molar-refractivity contribution in [1.82, 2.24) is 9.80 Å². The van der Waals surface area contributed by atoms with Crippen LogP contribution in [0.15, 0.2) is 0 Å². The molecule has 0 rings (SSSR count). The van der Waals surface area contributed by atoms with Crippen molar-refractivity contribution in [3.05, 3.63) is 0 Å². The van der Waals surface area contributed by atoms with Crippen LogP contribution in [-0.4, -0.2) is 125 Å². The molecule has 0 heterocycles. The Morgan fingerprint density at radius 2 is 0.627 bits per heavy atom. The quantitative estimate of drug-likeness (QED) is 0.0538. The van der Waals surface area contributed by atoms with Gasteiger partial charge in [0, 0.05) is 39.3 Å². The Labute approximate surface area is 408 Å². The van der Waals surface area contributed by atoms with Gasteiger partial charge in [-0.1, -0.05) is 118 Å². The molecule has 3 atom stereocenters. The standard InChI is InChI=1S/C28H53NO6.C25H47NO6/c1-20(2)26(8,9)22(30)33-17-14-29(15-18-34-23(31)27(10,11)21(3)4)16-19-35-24(32)28(12,13)25(5,6)7;1-17(2)19(5)22(27)30-14-11-26(12-15-31-23(28)20(6)18(3)4)13-16-32-24(29)21(7)25(8,9)10/h20-21H,14-19H2,1-13H3;17-21H,11-16H2,1-10H3. The zero-order chi connectivity index (χ0) is 52.9. The highest BCUT2D eigenvalue weighted by Crippen LogP contribution is 2.39. The van der Waals surface area contributed by atoms with Gasteiger partial charge in [0.15, 0.2) is 0 Å². The Hall–Kier alpha value is -3.26. The van der Waals surface area contributed by atoms with Crippen LogP contribution in [0.5, 0.6) is 0 Å². The van der Waals surface area contributed by atoms with Crippen molar-refractivity contribution < 1.29 is 57.2 Å². The number of carbonyl (C=O) groups excluding carboxylic acids is 6. The van der Waals surface area contributed by atoms with E-state index in [4.69, 9.17) is 28.4 Å². The van der Waals surface area contributed by atoms with Gasteiger partial charge in [-0.25, -0.2) is 0 Å². The number of carbonyl (C=O) groups is 6. The fourth-order valence-corrected chi connectivity index (χ4v) is 4.91. The molecule has 0 aromatic carbocycles. The van der Waals surface area contributed by atoms with E-state index in [-0.39, 0.29) is 128 Å². The summed E-state index contributed by atoms with van der Waals surface area (Å²) in [5.74, 6) is -1.21. The lowest BCUT2D eigenvalue weighted by molar-refractivity contribution is -0.161. The second kappa shape index (κ2) is 29.7. The van der Waals surface area contributed by atoms with Gasteiger partial charge in [-0.2, -0.15) is 0 Å². The molecule has 14 nitrogen and oxygen atoms in total. The highest BCUT2D eigenvalue weighted by atomic mass is 16.6. The highest BCUT2D eigenvalue weighted by molar-refractivity contribution is 5.77. The monoisotopic (exact) mass is 957 g/mol. The summed E-state index contributed by atoms with van der Waals surface area (Å²) >= 11 is 0. The van der Waals surface area contributed by atoms with Gasteiger partial charge in [-0.3, -0.25) is 38.6 Å². The molecule has 67 heavy (non-hydrogen) atoms. The second-order valence-electron chi connectivity index (χ2n) is 23.4. The summed E-state index contributed by atoms with van der Waals surface area (Å²) in [6, 6.07) is 0. The zero-order valence-corrected chi connectivity index (χ0v) is 46.8. The van der Waals surface area contributed by atoms with Crippen molar-refractivity contribution in [2.75, 3.05) is 78.9 Å². The molecule has 14 heteroatoms. The van der Waals surface area contributed by atoms with E-state index in [0.717, 1.165) is 0 Å². The predicted molar refractivity (Wildman–Crippen MR) is 266 cm³/mol. The molecule has 0 aliphatic heterocycles. The van der Waals surface area contributed by atoms with Gasteiger partial charge in [0.05, 0.1) is 34.0 Å². The molecule has 0 spiro atoms. The largest absolute Gasteiger partial charge is 0.464 e. The summed E-state index contributed by atoms with van der Waals surface area (Å²) in [5, 5.41) is 0. The SMILES string of the molecule is CC(C)C(C)(C)C(=O)OCCN(CCOC(=O)C(C)(C)C(C)C)CCOC(=O)C(C)(C)C(C)(C)C.CC(C)C(C)C(=O)OCCN(CCOC(=O)C(C)C(C)C)CCOC(=O)C(C)C(C)(C)C. The minimum absolute atomic E-state index is 0.153. The van der Waals surface area contributed by atoms with Crippen molar-refractivity contribution in [1.29, 1.82) is 0 Å². The summed E-state index contributed by atoms with van der Waals surface area (Å²) in [7, 11) is 0. The first-order chi connectivity index (χ1) is 30.4. The van der Waals surface area contributed by atoms with Gasteiger partial charge in [0.2, 0.25) is 0 Å². The van der Waals surface area contributed by atoms with Crippen LogP contribution in [0, 0.1) is 68.5 Å². The third-order valence-electron chi connectivity index (χ3n) is 14.6. The molecule has 3 unspecified atom stereocenters. The van der Waals surface area contributed by atoms with Crippen LogP contribution in [-0.2, 0) is 57.2 Å². The number of nitrogens with zero attached hydrogens (tertiary/aromatic N) is 2. The third-order valence-corrected chi connectivity index (χ3v) is 14.6. The normalized spacial score (nSPS) is 14.1. The zero-order valence-electron chi connectivity index (χ0n) is 46.8. The van der Waals surface area contributed by atoms with Crippen LogP contribution in [0.4, 0.5) is 0 Å². The lowest BCUT2D eigenvalue weighted by atomic mass is 9.69. The Morgan fingerprint density at radius 3 is 0.866 bits per heavy atom. The fraction of sp³-hybridized carbons (Fsp3) is 0.887. The number of hydrogen-bond acceptors (Lipinski definition) is 14. The highest BCUT2D eigenvalue weighted by Gasteiger charge is 2.41. The third kappa shape index (κ3) is 24.2. The first kappa shape index (κ1) is 65.8. The van der Waals surface area contributed by atoms with Crippen molar-refractivity contribution in [3.8, 4) is 0 Å². The number of hydrogen-bond donors (Lipinski definition) is 0. The van der Waals surface area contributed by atoms with Crippen LogP contribution in [0.1, 0.15) is 159 Å². The first-order valence-electron chi connectivity index (χ1n) is 24.8. The van der Waals surface area contributed by atoms with E-state index in [0.29, 0.717) is 39.3 Å². The molecule has 394 valence electrons. The maximum atomic E-state index is 12.7. The van der Waals surface area contributed by atoms with Crippen LogP contribution >= 0.6 is 0 Å². The Balaban J connectivity index is 0. The summed E-state index contributed by atoms with van der Waals surface area (Å²) in [6.45, 7) is 48.9. The van der Waals surface area contributed by atoms with Gasteiger partial charge in [0.1, 0.15) is 39.6 Å². The first-order valence-corrected chi connectivity index (χ1v) is 24.8. The van der Waals surface area contributed by atoms with Gasteiger partial charge in [-0.05, 0) is 76.0 Å². The minimum atomic E-state index is -0.631. The van der Waals surface area contributed by atoms with E-state index in [2.05, 4.69) is 0 Å². The Kier molecular flexibility index (Phi) is 29.2. The average Bonchev–Trinajstić information content (AvgIpc) is 3.20. The second-order valence-corrected chi connectivity index (χ2v) is 23.4. The molecule has 0 bridgehead atoms. The molecule has 0 aliphatic carbocycles. The maximum absolute atomic E-state index is 12.7. The van der Waals surface area contributed by atoms with E-state index >= 15 is 0 Å². The summed E-state index contributed by atoms with van der Waals surface area (Å²) in [4.78, 5) is 78.1. The minimum Gasteiger partial charge on any atom is -0.464 e. The molecule has 0 aromatic heterocycles. The van der Waals surface area contributed by atoms with E-state index in [1.807, 2.05) is 169 Å². The number of rotatable bonds is 28. The molecule has 0 radical (unpaired) electrons. The lowest BCUT2D eigenvalue weighted by Gasteiger charge is -2.36. The maximum Gasteiger partial charge on any atom is 0.312 e. The Morgan fingerprint density at radius 1 is 0.373 bits per heavy atom. The molecule has 0 fully saturated rings. The van der Waals surface area contributed by atoms with E-state index in [1.165, 1.54) is 0 Å². The summed E-state index contributed by atoms with van der Waals surface area (Å²) in [5.41, 5.74) is -2.18. The predicted octanol–water partition coefficient (Wildman–Crippen LogP) is 9.54. The number of esters is 6. The van der Waals surface area contributed by atoms with Crippen LogP contribution in [0.3, 0.4) is 0 Å². The van der Waals surface area contributed by atoms with E-state index in [1.54, 1.807) is 0 Å². The Bertz CT molecular complexity index is 1430. The molecular weight excluding hydrogens is 857 g/mol. The van der Waals surface area contributed by atoms with E-state index < -0.39 is 16.2 Å². The summed E-state index contributed by atoms with van der Waals surface area (Å²) < 4.78 is 33.0. The fourth-order valence-electron chi connectivity index (χ4n) is 4.91. The molecule has 0 saturated heterocycles. The average molecular weight is 957 g/mol. The van der Waals surface area contributed by atoms with Crippen LogP contribution in [0.2, 0.25) is 0 Å². The number of ether oxygens (including phenoxy) is 6. The topological polar surface area (TPSA) is 164 Å². The van der Waals surface area contributed by atoms with Gasteiger partial charge in [-0.15, -0.1) is 0 Å². The van der Waals surface area contributed by atoms with Crippen molar-refractivity contribution in [3.63, 3.8) is 0 Å². The lowest BCUT2D eigenvalue weighted by Crippen LogP contribution is -2.41. The smallest absolute Gasteiger partial charge is 0.312 e. The molecular formula is C53H100N2O12. The molecule has 0 aliphatic rings. The van der Waals surface area contributed by atoms with Crippen LogP contribution < -0.4 is 0 Å². The molecule has 0 amide bonds. The molecule has 0 N–H and O–H groups in total. The molecule has 0 saturated carbocycles. The van der Waals surface area contributed by atoms with Crippen molar-refractivity contribution in [2.24, 2.45) is 68.5 Å². The van der Waals surface area contributed by atoms with Crippen LogP contribution in [0.25, 0.3) is 0 Å². The van der Waals surface area contributed by atoms with Gasteiger partial charge >= 0.3 is 35.8 Å². The van der Waals surface area contributed by atoms with Crippen molar-refractivity contribution in [2.45, 2.75) is 159 Å². The van der Waals surface area contributed by atoms with Crippen molar-refractivity contribution >= 4 is 35.8 Å². The van der Waals surface area contributed by atoms with Gasteiger partial charge < -0.3 is 28.4 Å². The van der Waals surface area contributed by atoms with E-state index in [9.17, 15) is 28.8 Å². The summed E-state index contributed by atoms with van der Waals surface area (Å²) in [6.07, 6.45) is 0. The van der Waals surface area contributed by atoms with Gasteiger partial charge in [0.25, 0.3) is 0 Å². The molecule has 0 aromatic rings.